The van der Waals surface area contributed by atoms with Crippen LogP contribution in [0, 0.1) is 0 Å². The van der Waals surface area contributed by atoms with Crippen LogP contribution in [0.25, 0.3) is 5.69 Å². The number of anilines is 1. The normalized spacial score (nSPS) is 11.8. The zero-order valence-electron chi connectivity index (χ0n) is 26.8. The smallest absolute Gasteiger partial charge is 0.442 e. The molecule has 0 saturated carbocycles. The maximum absolute atomic E-state index is 12.9. The molecule has 15 nitrogen and oxygen atoms in total. The minimum Gasteiger partial charge on any atom is -0.489 e. The Morgan fingerprint density at radius 3 is 2.14 bits per heavy atom. The Morgan fingerprint density at radius 1 is 1.02 bits per heavy atom. The van der Waals surface area contributed by atoms with Crippen molar-refractivity contribution in [3.8, 4) is 23.2 Å². The minimum absolute atomic E-state index is 0.0101. The van der Waals surface area contributed by atoms with Crippen LogP contribution in [0.2, 0.25) is 10.0 Å². The lowest BCUT2D eigenvalue weighted by Gasteiger charge is -2.13. The molecule has 0 aliphatic heterocycles. The van der Waals surface area contributed by atoms with Crippen molar-refractivity contribution in [2.75, 3.05) is 19.5 Å². The van der Waals surface area contributed by atoms with Crippen molar-refractivity contribution >= 4 is 45.2 Å². The highest BCUT2D eigenvalue weighted by Crippen LogP contribution is 2.34. The molecule has 3 heterocycles. The predicted molar refractivity (Wildman–Crippen MR) is 170 cm³/mol. The molecule has 0 aliphatic carbocycles. The average molecular weight is 753 g/mol. The van der Waals surface area contributed by atoms with E-state index in [1.807, 2.05) is 39.9 Å². The van der Waals surface area contributed by atoms with Crippen molar-refractivity contribution < 1.29 is 45.0 Å². The molecular weight excluding hydrogens is 722 g/mol. The topological polar surface area (TPSA) is 190 Å². The summed E-state index contributed by atoms with van der Waals surface area (Å²) in [6.07, 6.45) is -4.21. The highest BCUT2D eigenvalue weighted by Gasteiger charge is 2.38. The fraction of sp³-hybridized carbons (Fsp3) is 0.357. The number of halogens is 5. The van der Waals surface area contributed by atoms with Gasteiger partial charge in [0, 0.05) is 17.7 Å². The van der Waals surface area contributed by atoms with E-state index >= 15 is 0 Å². The minimum atomic E-state index is -4.99. The second kappa shape index (κ2) is 15.3. The van der Waals surface area contributed by atoms with E-state index in [-0.39, 0.29) is 28.3 Å². The van der Waals surface area contributed by atoms with Crippen LogP contribution < -0.4 is 30.0 Å². The van der Waals surface area contributed by atoms with Crippen LogP contribution in [-0.2, 0) is 21.6 Å². The number of carbonyl (C=O) groups is 1. The van der Waals surface area contributed by atoms with Crippen LogP contribution >= 0.6 is 23.2 Å². The van der Waals surface area contributed by atoms with Gasteiger partial charge >= 0.3 is 18.0 Å². The SMILES string of the molecule is CC(C)Oc1cc(-n2nc(C(C)(C)C)oc2=O)c(Cl)cc1Cl.COc1cc(OC)nc(NC(=O)NS(=O)(=O)c2ncccc2C(F)(F)F)n1. The first-order valence-corrected chi connectivity index (χ1v) is 16.0. The number of amides is 2. The van der Waals surface area contributed by atoms with Crippen molar-refractivity contribution in [2.24, 2.45) is 0 Å². The molecule has 0 unspecified atom stereocenters. The van der Waals surface area contributed by atoms with Crippen LogP contribution in [0.1, 0.15) is 46.1 Å². The first-order valence-electron chi connectivity index (χ1n) is 13.8. The van der Waals surface area contributed by atoms with Gasteiger partial charge in [-0.3, -0.25) is 5.32 Å². The van der Waals surface area contributed by atoms with E-state index in [9.17, 15) is 31.2 Å². The van der Waals surface area contributed by atoms with Gasteiger partial charge < -0.3 is 18.6 Å². The molecule has 0 atom stereocenters. The standard InChI is InChI=1S/C15H18Cl2N2O3.C13H12F3N5O5S/c1-8(2)21-12-7-11(9(16)6-10(12)17)19-14(20)22-13(18-19)15(3,4)5;1-25-8-6-9(26-2)19-11(18-8)20-12(22)21-27(23,24)10-7(13(14,15)16)4-3-5-17-10/h6-8H,1-5H3;3-6H,1-2H3,(H2,18,19,20,21,22). The average Bonchev–Trinajstić information content (AvgIpc) is 3.39. The second-order valence-corrected chi connectivity index (χ2v) is 13.3. The highest BCUT2D eigenvalue weighted by atomic mass is 35.5. The molecule has 0 fully saturated rings. The zero-order valence-corrected chi connectivity index (χ0v) is 29.2. The summed E-state index contributed by atoms with van der Waals surface area (Å²) in [7, 11) is -2.39. The summed E-state index contributed by atoms with van der Waals surface area (Å²) in [5.74, 6) is -0.271. The van der Waals surface area contributed by atoms with Crippen LogP contribution in [0.5, 0.6) is 17.5 Å². The van der Waals surface area contributed by atoms with Crippen LogP contribution in [-0.4, -0.2) is 59.5 Å². The molecule has 3 aromatic heterocycles. The van der Waals surface area contributed by atoms with Gasteiger partial charge in [0.2, 0.25) is 23.6 Å². The second-order valence-electron chi connectivity index (χ2n) is 10.9. The monoisotopic (exact) mass is 751 g/mol. The maximum Gasteiger partial charge on any atom is 0.442 e. The number of nitrogens with zero attached hydrogens (tertiary/aromatic N) is 5. The van der Waals surface area contributed by atoms with E-state index in [1.54, 1.807) is 6.07 Å². The molecule has 0 radical (unpaired) electrons. The van der Waals surface area contributed by atoms with Gasteiger partial charge in [0.05, 0.1) is 47.7 Å². The molecule has 4 rings (SSSR count). The molecule has 2 N–H and O–H groups in total. The molecule has 4 aromatic rings. The van der Waals surface area contributed by atoms with Crippen LogP contribution in [0.3, 0.4) is 0 Å². The number of methoxy groups -OCH3 is 2. The van der Waals surface area contributed by atoms with Gasteiger partial charge in [0.1, 0.15) is 5.75 Å². The fourth-order valence-electron chi connectivity index (χ4n) is 3.55. The van der Waals surface area contributed by atoms with Gasteiger partial charge in [0.25, 0.3) is 10.0 Å². The molecule has 1 aromatic carbocycles. The number of aromatic nitrogens is 5. The summed E-state index contributed by atoms with van der Waals surface area (Å²) in [6, 6.07) is 4.41. The summed E-state index contributed by atoms with van der Waals surface area (Å²) in [5, 5.41) is 5.48. The number of alkyl halides is 3. The molecule has 0 spiro atoms. The molecule has 49 heavy (non-hydrogen) atoms. The molecule has 266 valence electrons. The first kappa shape index (κ1) is 38.8. The van der Waals surface area contributed by atoms with Gasteiger partial charge in [-0.05, 0) is 32.0 Å². The number of rotatable bonds is 8. The van der Waals surface area contributed by atoms with Crippen molar-refractivity contribution in [1.82, 2.24) is 29.5 Å². The van der Waals surface area contributed by atoms with Crippen LogP contribution in [0.4, 0.5) is 23.9 Å². The largest absolute Gasteiger partial charge is 0.489 e. The number of ether oxygens (including phenoxy) is 3. The van der Waals surface area contributed by atoms with Crippen molar-refractivity contribution in [2.45, 2.75) is 57.3 Å². The molecule has 0 bridgehead atoms. The summed E-state index contributed by atoms with van der Waals surface area (Å²) in [5.41, 5.74) is -1.55. The molecular formula is C28H30Cl2F3N7O8S. The van der Waals surface area contributed by atoms with Gasteiger partial charge in [-0.2, -0.15) is 36.2 Å². The van der Waals surface area contributed by atoms with Gasteiger partial charge in [-0.1, -0.05) is 44.0 Å². The Bertz CT molecular complexity index is 1960. The first-order chi connectivity index (χ1) is 22.7. The lowest BCUT2D eigenvalue weighted by molar-refractivity contribution is -0.140. The van der Waals surface area contributed by atoms with E-state index in [0.29, 0.717) is 28.4 Å². The molecule has 2 amide bonds. The third-order valence-electron chi connectivity index (χ3n) is 5.66. The summed E-state index contributed by atoms with van der Waals surface area (Å²) >= 11 is 12.3. The van der Waals surface area contributed by atoms with E-state index in [4.69, 9.17) is 41.8 Å². The van der Waals surface area contributed by atoms with Gasteiger partial charge in [-0.15, -0.1) is 5.10 Å². The van der Waals surface area contributed by atoms with Gasteiger partial charge in [-0.25, -0.2) is 19.3 Å². The Balaban J connectivity index is 0.000000271. The summed E-state index contributed by atoms with van der Waals surface area (Å²) < 4.78 is 86.1. The summed E-state index contributed by atoms with van der Waals surface area (Å²) in [4.78, 5) is 34.6. The van der Waals surface area contributed by atoms with E-state index in [1.165, 1.54) is 31.1 Å². The number of carbonyl (C=O) groups excluding carboxylic acids is 1. The van der Waals surface area contributed by atoms with E-state index < -0.39 is 44.5 Å². The van der Waals surface area contributed by atoms with Crippen molar-refractivity contribution in [3.05, 3.63) is 68.6 Å². The maximum atomic E-state index is 12.9. The summed E-state index contributed by atoms with van der Waals surface area (Å²) in [6.45, 7) is 9.47. The lowest BCUT2D eigenvalue weighted by Crippen LogP contribution is -2.36. The molecule has 0 aliphatic rings. The Hall–Kier alpha value is -4.62. The third kappa shape index (κ3) is 10.2. The van der Waals surface area contributed by atoms with Gasteiger partial charge in [0.15, 0.2) is 5.03 Å². The van der Waals surface area contributed by atoms with E-state index in [2.05, 4.69) is 20.1 Å². The number of sulfonamides is 1. The van der Waals surface area contributed by atoms with Crippen LogP contribution in [0.15, 0.2) is 50.8 Å². The van der Waals surface area contributed by atoms with E-state index in [0.717, 1.165) is 16.9 Å². The van der Waals surface area contributed by atoms with Crippen molar-refractivity contribution in [1.29, 1.82) is 0 Å². The Labute approximate surface area is 287 Å². The van der Waals surface area contributed by atoms with Crippen molar-refractivity contribution in [3.63, 3.8) is 0 Å². The number of hydrogen-bond acceptors (Lipinski definition) is 12. The Kier molecular flexibility index (Phi) is 12.1. The zero-order chi connectivity index (χ0) is 36.9. The third-order valence-corrected chi connectivity index (χ3v) is 7.55. The molecule has 0 saturated heterocycles. The number of urea groups is 1. The lowest BCUT2D eigenvalue weighted by atomic mass is 9.97. The number of nitrogens with one attached hydrogen (secondary N) is 2. The fourth-order valence-corrected chi connectivity index (χ4v) is 5.12. The predicted octanol–water partition coefficient (Wildman–Crippen LogP) is 5.64. The number of benzene rings is 1. The molecule has 21 heteroatoms. The highest BCUT2D eigenvalue weighted by molar-refractivity contribution is 7.90. The number of pyridine rings is 1. The Morgan fingerprint density at radius 2 is 1.63 bits per heavy atom. The number of hydrogen-bond donors (Lipinski definition) is 2. The quantitative estimate of drug-likeness (QED) is 0.226.